The molecule has 0 radical (unpaired) electrons. The smallest absolute Gasteiger partial charge is 0.143 e. The maximum Gasteiger partial charge on any atom is 0.143 e. The molecule has 2 aromatic heterocycles. The molecule has 0 atom stereocenters. The number of anilines is 3. The summed E-state index contributed by atoms with van der Waals surface area (Å²) in [5.74, 6) is 0. The Morgan fingerprint density at radius 3 is 1.45 bits per heavy atom. The number of hydrogen-bond donors (Lipinski definition) is 0. The van der Waals surface area contributed by atoms with Gasteiger partial charge in [-0.3, -0.25) is 0 Å². The molecule has 0 saturated heterocycles. The Labute approximate surface area is 388 Å². The van der Waals surface area contributed by atoms with E-state index in [0.717, 1.165) is 72.5 Å². The minimum atomic E-state index is 0.888. The summed E-state index contributed by atoms with van der Waals surface area (Å²) < 4.78 is 8.90. The highest BCUT2D eigenvalue weighted by atomic mass is 16.3. The van der Waals surface area contributed by atoms with Crippen molar-refractivity contribution in [2.45, 2.75) is 0 Å². The molecule has 13 aromatic rings. The quantitative estimate of drug-likeness (QED) is 0.152. The van der Waals surface area contributed by atoms with Crippen LogP contribution < -0.4 is 4.90 Å². The summed E-state index contributed by atoms with van der Waals surface area (Å²) in [6, 6.07) is 91.8. The van der Waals surface area contributed by atoms with Crippen LogP contribution in [0.3, 0.4) is 0 Å². The molecule has 11 aromatic carbocycles. The first-order valence-corrected chi connectivity index (χ1v) is 22.9. The van der Waals surface area contributed by atoms with Crippen molar-refractivity contribution in [1.82, 2.24) is 4.57 Å². The summed E-state index contributed by atoms with van der Waals surface area (Å²) in [6.45, 7) is 0. The highest BCUT2D eigenvalue weighted by molar-refractivity contribution is 6.11. The van der Waals surface area contributed by atoms with Crippen molar-refractivity contribution in [2.24, 2.45) is 0 Å². The number of fused-ring (bicyclic) bond motifs is 7. The van der Waals surface area contributed by atoms with Crippen LogP contribution in [-0.4, -0.2) is 4.57 Å². The van der Waals surface area contributed by atoms with Gasteiger partial charge in [0.15, 0.2) is 0 Å². The van der Waals surface area contributed by atoms with Crippen LogP contribution in [-0.2, 0) is 0 Å². The fourth-order valence-corrected chi connectivity index (χ4v) is 10.1. The summed E-state index contributed by atoms with van der Waals surface area (Å²) in [6.07, 6.45) is 0. The Balaban J connectivity index is 0.865. The van der Waals surface area contributed by atoms with Crippen molar-refractivity contribution in [3.63, 3.8) is 0 Å². The van der Waals surface area contributed by atoms with E-state index in [0.29, 0.717) is 0 Å². The fraction of sp³-hybridized carbons (Fsp3) is 0. The first-order chi connectivity index (χ1) is 33.2. The van der Waals surface area contributed by atoms with Crippen LogP contribution in [0.4, 0.5) is 17.1 Å². The molecule has 0 aliphatic rings. The Hall–Kier alpha value is -8.92. The van der Waals surface area contributed by atoms with Crippen LogP contribution in [0.1, 0.15) is 0 Å². The maximum absolute atomic E-state index is 6.52. The van der Waals surface area contributed by atoms with Gasteiger partial charge < -0.3 is 13.9 Å². The molecule has 3 heteroatoms. The fourth-order valence-electron chi connectivity index (χ4n) is 10.1. The van der Waals surface area contributed by atoms with Gasteiger partial charge in [-0.1, -0.05) is 176 Å². The largest absolute Gasteiger partial charge is 0.455 e. The molecular weight excluding hydrogens is 813 g/mol. The zero-order chi connectivity index (χ0) is 44.3. The minimum absolute atomic E-state index is 0.888. The maximum atomic E-state index is 6.52. The second-order valence-electron chi connectivity index (χ2n) is 17.3. The highest BCUT2D eigenvalue weighted by Gasteiger charge is 2.17. The van der Waals surface area contributed by atoms with Gasteiger partial charge in [0.25, 0.3) is 0 Å². The molecule has 0 aliphatic heterocycles. The van der Waals surface area contributed by atoms with Crippen LogP contribution in [0.2, 0.25) is 0 Å². The van der Waals surface area contributed by atoms with Gasteiger partial charge in [0, 0.05) is 49.9 Å². The molecule has 2 heterocycles. The summed E-state index contributed by atoms with van der Waals surface area (Å²) in [5.41, 5.74) is 17.8. The van der Waals surface area contributed by atoms with Crippen molar-refractivity contribution < 1.29 is 4.42 Å². The van der Waals surface area contributed by atoms with E-state index in [1.54, 1.807) is 0 Å². The van der Waals surface area contributed by atoms with Crippen LogP contribution >= 0.6 is 0 Å². The van der Waals surface area contributed by atoms with Crippen molar-refractivity contribution >= 4 is 71.6 Å². The van der Waals surface area contributed by atoms with E-state index in [2.05, 4.69) is 258 Å². The SMILES string of the molecule is c1ccc(-c2cccc3c2oc2ccc(-c4ccc(N(c5ccc(-c6cccc(-n7c8ccccc8c8ccccc87)c6)cc5)c5ccc(-c6ccc7ccccc7c6)cc5)cc4)cc23)cc1. The van der Waals surface area contributed by atoms with Gasteiger partial charge in [0.2, 0.25) is 0 Å². The lowest BCUT2D eigenvalue weighted by atomic mass is 9.99. The lowest BCUT2D eigenvalue weighted by molar-refractivity contribution is 0.670. The van der Waals surface area contributed by atoms with E-state index in [4.69, 9.17) is 4.42 Å². The lowest BCUT2D eigenvalue weighted by Crippen LogP contribution is -2.09. The number of rotatable bonds is 8. The first-order valence-electron chi connectivity index (χ1n) is 22.9. The van der Waals surface area contributed by atoms with Crippen LogP contribution in [0.5, 0.6) is 0 Å². The van der Waals surface area contributed by atoms with Crippen molar-refractivity contribution in [2.75, 3.05) is 4.90 Å². The first kappa shape index (κ1) is 38.5. The molecule has 314 valence electrons. The second kappa shape index (κ2) is 16.0. The number of furan rings is 1. The third-order valence-corrected chi connectivity index (χ3v) is 13.4. The number of para-hydroxylation sites is 3. The van der Waals surface area contributed by atoms with Gasteiger partial charge in [0.1, 0.15) is 11.2 Å². The molecule has 3 nitrogen and oxygen atoms in total. The van der Waals surface area contributed by atoms with Gasteiger partial charge in [-0.05, 0) is 129 Å². The van der Waals surface area contributed by atoms with E-state index in [-0.39, 0.29) is 0 Å². The van der Waals surface area contributed by atoms with E-state index in [1.807, 2.05) is 6.07 Å². The van der Waals surface area contributed by atoms with E-state index in [9.17, 15) is 0 Å². The van der Waals surface area contributed by atoms with Crippen molar-refractivity contribution in [3.05, 3.63) is 255 Å². The van der Waals surface area contributed by atoms with Gasteiger partial charge in [-0.25, -0.2) is 0 Å². The molecule has 0 N–H and O–H groups in total. The molecule has 0 fully saturated rings. The van der Waals surface area contributed by atoms with Gasteiger partial charge in [-0.2, -0.15) is 0 Å². The van der Waals surface area contributed by atoms with E-state index < -0.39 is 0 Å². The summed E-state index contributed by atoms with van der Waals surface area (Å²) in [7, 11) is 0. The summed E-state index contributed by atoms with van der Waals surface area (Å²) in [5, 5.41) is 7.24. The minimum Gasteiger partial charge on any atom is -0.455 e. The zero-order valence-corrected chi connectivity index (χ0v) is 36.6. The summed E-state index contributed by atoms with van der Waals surface area (Å²) in [4.78, 5) is 2.35. The molecule has 0 saturated carbocycles. The van der Waals surface area contributed by atoms with Crippen molar-refractivity contribution in [3.8, 4) is 50.2 Å². The van der Waals surface area contributed by atoms with Crippen LogP contribution in [0.15, 0.2) is 259 Å². The Bertz CT molecular complexity index is 3900. The standard InChI is InChI=1S/C64H42N2O/c1-2-13-47(14-3-1)56-20-11-21-59-60-42-51(32-39-63(60)67-64(56)59)46-30-37-54(38-31-46)65(53-35-28-45(29-36-53)50-25-24-43-12-4-5-15-48(43)40-50)52-33-26-44(27-34-52)49-16-10-17-55(41-49)66-61-22-8-6-18-57(61)58-19-7-9-23-62(58)66/h1-42H. The topological polar surface area (TPSA) is 21.3 Å². The highest BCUT2D eigenvalue weighted by Crippen LogP contribution is 2.41. The number of aromatic nitrogens is 1. The predicted octanol–water partition coefficient (Wildman–Crippen LogP) is 18.0. The monoisotopic (exact) mass is 854 g/mol. The van der Waals surface area contributed by atoms with Gasteiger partial charge >= 0.3 is 0 Å². The van der Waals surface area contributed by atoms with Gasteiger partial charge in [-0.15, -0.1) is 0 Å². The molecule has 67 heavy (non-hydrogen) atoms. The number of hydrogen-bond acceptors (Lipinski definition) is 2. The Morgan fingerprint density at radius 2 is 0.791 bits per heavy atom. The van der Waals surface area contributed by atoms with Crippen molar-refractivity contribution in [1.29, 1.82) is 0 Å². The predicted molar refractivity (Wildman–Crippen MR) is 282 cm³/mol. The molecule has 0 amide bonds. The normalized spacial score (nSPS) is 11.6. The average Bonchev–Trinajstić information content (AvgIpc) is 3.95. The molecular formula is C64H42N2O. The molecule has 13 rings (SSSR count). The van der Waals surface area contributed by atoms with E-state index in [1.165, 1.54) is 49.3 Å². The molecule has 0 bridgehead atoms. The third kappa shape index (κ3) is 6.76. The molecule has 0 spiro atoms. The Morgan fingerprint density at radius 1 is 0.299 bits per heavy atom. The van der Waals surface area contributed by atoms with Crippen LogP contribution in [0.25, 0.3) is 105 Å². The summed E-state index contributed by atoms with van der Waals surface area (Å²) >= 11 is 0. The van der Waals surface area contributed by atoms with Gasteiger partial charge in [0.05, 0.1) is 11.0 Å². The Kier molecular flexibility index (Phi) is 9.17. The van der Waals surface area contributed by atoms with Crippen LogP contribution in [0, 0.1) is 0 Å². The zero-order valence-electron chi connectivity index (χ0n) is 36.6. The average molecular weight is 855 g/mol. The lowest BCUT2D eigenvalue weighted by Gasteiger charge is -2.26. The number of nitrogens with zero attached hydrogens (tertiary/aromatic N) is 2. The molecule has 0 unspecified atom stereocenters. The third-order valence-electron chi connectivity index (χ3n) is 13.4. The number of benzene rings is 11. The molecule has 0 aliphatic carbocycles. The second-order valence-corrected chi connectivity index (χ2v) is 17.3. The van der Waals surface area contributed by atoms with E-state index >= 15 is 0 Å².